The third-order valence-corrected chi connectivity index (χ3v) is 29.2. The smallest absolute Gasteiger partial charge is 0.147 e. The average molecular weight is 1700 g/mol. The van der Waals surface area contributed by atoms with Crippen LogP contribution < -0.4 is 0 Å². The van der Waals surface area contributed by atoms with E-state index in [4.69, 9.17) is 15.0 Å². The lowest BCUT2D eigenvalue weighted by Crippen LogP contribution is -2.14. The average Bonchev–Trinajstić information content (AvgIpc) is 1.55. The zero-order valence-electron chi connectivity index (χ0n) is 73.4. The molecule has 0 atom stereocenters. The van der Waals surface area contributed by atoms with Crippen molar-refractivity contribution in [3.05, 3.63) is 460 Å². The Morgan fingerprint density at radius 3 is 0.925 bits per heavy atom. The molecule has 0 fully saturated rings. The molecule has 6 aromatic heterocycles. The number of hydrogen-bond donors (Lipinski definition) is 0. The van der Waals surface area contributed by atoms with Gasteiger partial charge in [-0.3, -0.25) is 13.2 Å². The van der Waals surface area contributed by atoms with Crippen molar-refractivity contribution >= 4 is 201 Å². The van der Waals surface area contributed by atoms with Gasteiger partial charge in [-0.05, 0) is 265 Å². The first kappa shape index (κ1) is 75.5. The second kappa shape index (κ2) is 29.3. The second-order valence-electron chi connectivity index (χ2n) is 36.8. The lowest BCUT2D eigenvalue weighted by atomic mass is 9.81. The van der Waals surface area contributed by atoms with Crippen LogP contribution in [0.1, 0.15) is 25.0 Å². The molecule has 6 nitrogen and oxygen atoms in total. The molecule has 0 N–H and O–H groups in total. The van der Waals surface area contributed by atoms with Crippen molar-refractivity contribution in [1.82, 2.24) is 28.2 Å². The summed E-state index contributed by atoms with van der Waals surface area (Å²) in [5.41, 5.74) is 30.8. The normalized spacial score (nSPS) is 12.6. The van der Waals surface area contributed by atoms with Crippen molar-refractivity contribution in [2.75, 3.05) is 0 Å². The van der Waals surface area contributed by atoms with E-state index in [2.05, 4.69) is 476 Å². The Hall–Kier alpha value is -17.5. The highest BCUT2D eigenvalue weighted by molar-refractivity contribution is 6.27. The van der Waals surface area contributed by atoms with Gasteiger partial charge in [-0.15, -0.1) is 0 Å². The van der Waals surface area contributed by atoms with Crippen LogP contribution in [0.2, 0.25) is 0 Å². The SMILES string of the molecule is CC1(C)c2ccccc2-c2ccc(-c3ccc4cc(-c5ccc6c7ccc8ccccc8c7c7nc8ccccc8n7c6c5)ccc4c3)cc21.c1ccc2c(c1)cc(-c1ccc(-c3ccc4c5ccc6ccccc6c5c5nc6ccccc6n5c4c3)cc1)c1ccccc12.c1ccc2c(c1)cc(-c1ccc3c4ccc5ccccc5c4c4nc5ccccc5n4c3c1)c1ccccc12. The number of rotatable bonds is 5. The Labute approximate surface area is 770 Å². The summed E-state index contributed by atoms with van der Waals surface area (Å²) in [6.07, 6.45) is 0. The van der Waals surface area contributed by atoms with Gasteiger partial charge in [-0.25, -0.2) is 15.0 Å². The molecule has 30 rings (SSSR count). The number of aromatic nitrogens is 6. The van der Waals surface area contributed by atoms with Gasteiger partial charge in [-0.2, -0.15) is 0 Å². The number of pyridine rings is 3. The Bertz CT molecular complexity index is 10100. The van der Waals surface area contributed by atoms with Crippen LogP contribution in [0.4, 0.5) is 0 Å². The van der Waals surface area contributed by atoms with Crippen LogP contribution in [-0.4, -0.2) is 28.2 Å². The predicted molar refractivity (Wildman–Crippen MR) is 568 cm³/mol. The summed E-state index contributed by atoms with van der Waals surface area (Å²) in [6, 6.07) is 164. The van der Waals surface area contributed by atoms with Crippen molar-refractivity contribution in [3.63, 3.8) is 0 Å². The van der Waals surface area contributed by atoms with E-state index in [1.54, 1.807) is 0 Å². The van der Waals surface area contributed by atoms with Gasteiger partial charge >= 0.3 is 0 Å². The summed E-state index contributed by atoms with van der Waals surface area (Å²) in [4.78, 5) is 15.6. The predicted octanol–water partition coefficient (Wildman–Crippen LogP) is 34.2. The van der Waals surface area contributed by atoms with Crippen LogP contribution >= 0.6 is 0 Å². The molecule has 134 heavy (non-hydrogen) atoms. The van der Waals surface area contributed by atoms with E-state index in [9.17, 15) is 0 Å². The van der Waals surface area contributed by atoms with Crippen LogP contribution in [-0.2, 0) is 5.41 Å². The zero-order chi connectivity index (χ0) is 88.1. The molecule has 0 saturated carbocycles. The highest BCUT2D eigenvalue weighted by Gasteiger charge is 2.36. The molecule has 0 aliphatic heterocycles. The molecule has 0 spiro atoms. The fourth-order valence-corrected chi connectivity index (χ4v) is 22.8. The van der Waals surface area contributed by atoms with Crippen molar-refractivity contribution < 1.29 is 0 Å². The largest absolute Gasteiger partial charge is 0.292 e. The molecule has 1 aliphatic carbocycles. The van der Waals surface area contributed by atoms with Gasteiger partial charge in [0.15, 0.2) is 0 Å². The van der Waals surface area contributed by atoms with Crippen molar-refractivity contribution in [2.45, 2.75) is 19.3 Å². The Morgan fingerprint density at radius 2 is 0.463 bits per heavy atom. The molecule has 0 radical (unpaired) electrons. The number of benzene rings is 23. The second-order valence-corrected chi connectivity index (χ2v) is 36.8. The molecule has 29 aromatic rings. The maximum absolute atomic E-state index is 5.22. The molecule has 622 valence electrons. The van der Waals surface area contributed by atoms with E-state index in [1.165, 1.54) is 229 Å². The van der Waals surface area contributed by atoms with E-state index in [0.29, 0.717) is 0 Å². The Morgan fingerprint density at radius 1 is 0.164 bits per heavy atom. The highest BCUT2D eigenvalue weighted by atomic mass is 15.0. The molecular weight excluding hydrogens is 1620 g/mol. The number of fused-ring (bicyclic) bond motifs is 40. The lowest BCUT2D eigenvalue weighted by molar-refractivity contribution is 0.660. The third-order valence-electron chi connectivity index (χ3n) is 29.2. The standard InChI is InChI=1S/C48H32N2.C43H26N2.C37H22N2/c1-48(2)41-12-6-5-11-37(41)38-22-20-34(27-42(38)48)32-17-15-31-26-33(18-16-30(31)25-32)35-21-23-39-40-24-19-29-9-3-4-10-36(29)46(40)47-49-43-13-7-8-14-44(43)50(47)45(39)28-35;1-4-12-33-28(9-1)21-24-37-36-23-22-30(26-41(36)45-40-16-8-7-15-39(40)44-43(45)42(33)37)27-17-19-29(20-18-27)38-25-31-10-2-3-11-32(31)34-13-5-6-14-35(34)38;1-4-12-27-23(9-1)17-20-31-30-19-18-25(22-35(30)39-34-16-8-7-15-33(34)38-37(39)36(27)31)32-21-24-10-2-3-11-26(24)28-13-5-6-14-29(28)32/h3-28H,1-2H3;1-26H;1-22H. The monoisotopic (exact) mass is 1700 g/mol. The molecule has 0 saturated heterocycles. The van der Waals surface area contributed by atoms with Crippen LogP contribution in [0.5, 0.6) is 0 Å². The summed E-state index contributed by atoms with van der Waals surface area (Å²) in [6.45, 7) is 4.70. The van der Waals surface area contributed by atoms with Crippen LogP contribution in [0, 0.1) is 0 Å². The topological polar surface area (TPSA) is 51.9 Å². The first-order chi connectivity index (χ1) is 66.2. The van der Waals surface area contributed by atoms with Crippen LogP contribution in [0.3, 0.4) is 0 Å². The molecule has 0 unspecified atom stereocenters. The van der Waals surface area contributed by atoms with E-state index >= 15 is 0 Å². The maximum Gasteiger partial charge on any atom is 0.147 e. The molecule has 1 aliphatic rings. The molecular formula is C128H80N6. The molecule has 0 amide bonds. The number of imidazole rings is 3. The molecule has 0 bridgehead atoms. The van der Waals surface area contributed by atoms with Gasteiger partial charge < -0.3 is 0 Å². The first-order valence-electron chi connectivity index (χ1n) is 46.3. The lowest BCUT2D eigenvalue weighted by Gasteiger charge is -2.22. The minimum Gasteiger partial charge on any atom is -0.292 e. The van der Waals surface area contributed by atoms with Gasteiger partial charge in [0.25, 0.3) is 0 Å². The summed E-state index contributed by atoms with van der Waals surface area (Å²) in [7, 11) is 0. The number of para-hydroxylation sites is 6. The molecule has 6 heterocycles. The van der Waals surface area contributed by atoms with Gasteiger partial charge in [0, 0.05) is 37.7 Å². The Balaban J connectivity index is 0.000000101. The number of hydrogen-bond acceptors (Lipinski definition) is 3. The summed E-state index contributed by atoms with van der Waals surface area (Å²) in [5.74, 6) is 0. The fourth-order valence-electron chi connectivity index (χ4n) is 22.8. The van der Waals surface area contributed by atoms with Crippen LogP contribution in [0.25, 0.3) is 268 Å². The fraction of sp³-hybridized carbons (Fsp3) is 0.0234. The minimum atomic E-state index is -0.0117. The molecule has 6 heteroatoms. The number of nitrogens with zero attached hydrogens (tertiary/aromatic N) is 6. The van der Waals surface area contributed by atoms with E-state index in [1.807, 2.05) is 0 Å². The van der Waals surface area contributed by atoms with Gasteiger partial charge in [0.2, 0.25) is 0 Å². The van der Waals surface area contributed by atoms with E-state index in [-0.39, 0.29) is 5.41 Å². The third kappa shape index (κ3) is 11.5. The zero-order valence-corrected chi connectivity index (χ0v) is 73.4. The maximum atomic E-state index is 5.22. The van der Waals surface area contributed by atoms with Crippen LogP contribution in [0.15, 0.2) is 449 Å². The van der Waals surface area contributed by atoms with Crippen molar-refractivity contribution in [2.24, 2.45) is 0 Å². The first-order valence-corrected chi connectivity index (χ1v) is 46.3. The van der Waals surface area contributed by atoms with E-state index < -0.39 is 0 Å². The Kier molecular flexibility index (Phi) is 16.5. The van der Waals surface area contributed by atoms with Crippen molar-refractivity contribution in [1.29, 1.82) is 0 Å². The summed E-state index contributed by atoms with van der Waals surface area (Å²) >= 11 is 0. The van der Waals surface area contributed by atoms with Crippen molar-refractivity contribution in [3.8, 4) is 66.8 Å². The quantitative estimate of drug-likeness (QED) is 0.161. The molecule has 23 aromatic carbocycles. The van der Waals surface area contributed by atoms with E-state index in [0.717, 1.165) is 50.0 Å². The van der Waals surface area contributed by atoms with Gasteiger partial charge in [0.05, 0.1) is 49.7 Å². The van der Waals surface area contributed by atoms with Gasteiger partial charge in [-0.1, -0.05) is 378 Å². The van der Waals surface area contributed by atoms with Gasteiger partial charge in [0.1, 0.15) is 16.9 Å². The summed E-state index contributed by atoms with van der Waals surface area (Å²) in [5, 5.41) is 31.2. The highest BCUT2D eigenvalue weighted by Crippen LogP contribution is 2.51. The summed E-state index contributed by atoms with van der Waals surface area (Å²) < 4.78 is 7.09. The minimum absolute atomic E-state index is 0.0117.